The van der Waals surface area contributed by atoms with Crippen molar-refractivity contribution < 1.29 is 0 Å². The molecule has 7 heteroatoms. The molecule has 0 aliphatic heterocycles. The number of alkyl halides is 1. The summed E-state index contributed by atoms with van der Waals surface area (Å²) in [6, 6.07) is 0. The van der Waals surface area contributed by atoms with Gasteiger partial charge in [0.1, 0.15) is 0 Å². The summed E-state index contributed by atoms with van der Waals surface area (Å²) in [7, 11) is 3.38. The van der Waals surface area contributed by atoms with Crippen LogP contribution in [-0.4, -0.2) is 24.1 Å². The number of aromatic nitrogens is 4. The Hall–Kier alpha value is -1.56. The molecule has 0 bridgehead atoms. The molecule has 6 nitrogen and oxygen atoms in total. The van der Waals surface area contributed by atoms with Gasteiger partial charge in [0.2, 0.25) is 0 Å². The van der Waals surface area contributed by atoms with Crippen molar-refractivity contribution in [2.24, 2.45) is 14.1 Å². The highest BCUT2D eigenvalue weighted by Gasteiger charge is 2.14. The molecule has 0 amide bonds. The number of unbranched alkanes of at least 4 members (excludes halogenated alkanes) is 1. The van der Waals surface area contributed by atoms with Gasteiger partial charge in [0.05, 0.1) is 6.33 Å². The van der Waals surface area contributed by atoms with Crippen molar-refractivity contribution in [1.29, 1.82) is 0 Å². The Balaban J connectivity index is 2.36. The van der Waals surface area contributed by atoms with Crippen LogP contribution in [0, 0.1) is 0 Å². The third-order valence-corrected chi connectivity index (χ3v) is 3.65. The molecule has 20 heavy (non-hydrogen) atoms. The number of hydrogen-bond donors (Lipinski definition) is 0. The first-order chi connectivity index (χ1) is 9.43. The third kappa shape index (κ3) is 2.65. The maximum Gasteiger partial charge on any atom is 0.332 e. The van der Waals surface area contributed by atoms with Gasteiger partial charge in [-0.05, 0) is 19.8 Å². The molecule has 110 valence electrons. The zero-order valence-corrected chi connectivity index (χ0v) is 12.7. The summed E-state index contributed by atoms with van der Waals surface area (Å²) in [5.41, 5.74) is 0.285. The maximum absolute atomic E-state index is 12.4. The first kappa shape index (κ1) is 14.8. The van der Waals surface area contributed by atoms with Gasteiger partial charge in [0.25, 0.3) is 5.56 Å². The molecule has 2 aromatic heterocycles. The molecule has 0 aliphatic rings. The van der Waals surface area contributed by atoms with E-state index in [1.54, 1.807) is 25.0 Å². The van der Waals surface area contributed by atoms with Crippen LogP contribution in [0.4, 0.5) is 0 Å². The van der Waals surface area contributed by atoms with Crippen LogP contribution >= 0.6 is 11.6 Å². The smallest absolute Gasteiger partial charge is 0.328 e. The number of rotatable bonds is 5. The molecule has 0 spiro atoms. The highest BCUT2D eigenvalue weighted by atomic mass is 35.5. The molecule has 0 N–H and O–H groups in total. The van der Waals surface area contributed by atoms with Gasteiger partial charge in [-0.2, -0.15) is 0 Å². The van der Waals surface area contributed by atoms with Crippen molar-refractivity contribution in [3.63, 3.8) is 0 Å². The molecule has 2 aromatic rings. The largest absolute Gasteiger partial charge is 0.332 e. The van der Waals surface area contributed by atoms with Crippen LogP contribution in [-0.2, 0) is 20.6 Å². The standard InChI is InChI=1S/C13H19ClN4O2/c1-9(14)6-4-5-7-18-12(19)10-11(15-8-16(10)2)17(3)13(18)20/h8-9H,4-7H2,1-3H3. The zero-order chi connectivity index (χ0) is 14.9. The fourth-order valence-electron chi connectivity index (χ4n) is 2.29. The lowest BCUT2D eigenvalue weighted by Gasteiger charge is -2.09. The lowest BCUT2D eigenvalue weighted by Crippen LogP contribution is -2.39. The van der Waals surface area contributed by atoms with E-state index in [4.69, 9.17) is 11.6 Å². The molecular weight excluding hydrogens is 280 g/mol. The van der Waals surface area contributed by atoms with Crippen molar-refractivity contribution in [2.45, 2.75) is 38.1 Å². The number of hydrogen-bond acceptors (Lipinski definition) is 3. The van der Waals surface area contributed by atoms with Gasteiger partial charge in [0.15, 0.2) is 11.2 Å². The zero-order valence-electron chi connectivity index (χ0n) is 12.0. The minimum Gasteiger partial charge on any atom is -0.328 e. The van der Waals surface area contributed by atoms with Gasteiger partial charge in [-0.25, -0.2) is 9.78 Å². The Kier molecular flexibility index (Phi) is 4.32. The lowest BCUT2D eigenvalue weighted by molar-refractivity contribution is 0.540. The van der Waals surface area contributed by atoms with Crippen LogP contribution in [0.5, 0.6) is 0 Å². The van der Waals surface area contributed by atoms with Crippen LogP contribution < -0.4 is 11.2 Å². The van der Waals surface area contributed by atoms with Crippen LogP contribution in [0.2, 0.25) is 0 Å². The average molecular weight is 299 g/mol. The molecule has 0 aromatic carbocycles. The van der Waals surface area contributed by atoms with E-state index in [1.165, 1.54) is 9.13 Å². The maximum atomic E-state index is 12.4. The van der Waals surface area contributed by atoms with Crippen LogP contribution in [0.1, 0.15) is 26.2 Å². The SMILES string of the molecule is CC(Cl)CCCCn1c(=O)c2c(ncn2C)n(C)c1=O. The monoisotopic (exact) mass is 298 g/mol. The van der Waals surface area contributed by atoms with E-state index >= 15 is 0 Å². The minimum absolute atomic E-state index is 0.120. The lowest BCUT2D eigenvalue weighted by atomic mass is 10.2. The molecule has 0 saturated heterocycles. The molecule has 2 rings (SSSR count). The van der Waals surface area contributed by atoms with Gasteiger partial charge in [-0.3, -0.25) is 13.9 Å². The van der Waals surface area contributed by atoms with Gasteiger partial charge < -0.3 is 4.57 Å². The normalized spacial score (nSPS) is 13.0. The summed E-state index contributed by atoms with van der Waals surface area (Å²) >= 11 is 5.89. The molecule has 1 atom stereocenters. The summed E-state index contributed by atoms with van der Waals surface area (Å²) in [6.07, 6.45) is 4.08. The Morgan fingerprint density at radius 2 is 2.00 bits per heavy atom. The molecular formula is C13H19ClN4O2. The quantitative estimate of drug-likeness (QED) is 0.616. The second-order valence-electron chi connectivity index (χ2n) is 5.10. The van der Waals surface area contributed by atoms with E-state index in [1.807, 2.05) is 6.92 Å². The van der Waals surface area contributed by atoms with Gasteiger partial charge in [0, 0.05) is 26.0 Å². The van der Waals surface area contributed by atoms with E-state index in [-0.39, 0.29) is 16.6 Å². The van der Waals surface area contributed by atoms with Crippen molar-refractivity contribution >= 4 is 22.8 Å². The Morgan fingerprint density at radius 1 is 1.30 bits per heavy atom. The van der Waals surface area contributed by atoms with E-state index in [2.05, 4.69) is 4.98 Å². The molecule has 0 radical (unpaired) electrons. The van der Waals surface area contributed by atoms with Gasteiger partial charge in [-0.15, -0.1) is 11.6 Å². The number of fused-ring (bicyclic) bond motifs is 1. The van der Waals surface area contributed by atoms with E-state index < -0.39 is 0 Å². The molecule has 2 heterocycles. The summed E-state index contributed by atoms with van der Waals surface area (Å²) in [6.45, 7) is 2.35. The van der Waals surface area contributed by atoms with Gasteiger partial charge >= 0.3 is 5.69 Å². The van der Waals surface area contributed by atoms with Crippen molar-refractivity contribution in [3.8, 4) is 0 Å². The molecule has 1 unspecified atom stereocenters. The molecule has 0 saturated carbocycles. The van der Waals surface area contributed by atoms with Crippen molar-refractivity contribution in [1.82, 2.24) is 18.7 Å². The van der Waals surface area contributed by atoms with Crippen molar-refractivity contribution in [2.75, 3.05) is 0 Å². The fourth-order valence-corrected chi connectivity index (χ4v) is 2.44. The second-order valence-corrected chi connectivity index (χ2v) is 5.85. The van der Waals surface area contributed by atoms with Crippen molar-refractivity contribution in [3.05, 3.63) is 27.2 Å². The summed E-state index contributed by atoms with van der Waals surface area (Å²) in [5.74, 6) is 0. The Labute approximate surface area is 121 Å². The Bertz CT molecular complexity index is 726. The predicted molar refractivity (Wildman–Crippen MR) is 79.4 cm³/mol. The first-order valence-corrected chi connectivity index (χ1v) is 7.12. The van der Waals surface area contributed by atoms with Gasteiger partial charge in [-0.1, -0.05) is 6.42 Å². The number of nitrogens with zero attached hydrogens (tertiary/aromatic N) is 4. The Morgan fingerprint density at radius 3 is 2.65 bits per heavy atom. The number of halogens is 1. The van der Waals surface area contributed by atoms with E-state index in [0.29, 0.717) is 17.7 Å². The van der Waals surface area contributed by atoms with Crippen LogP contribution in [0.3, 0.4) is 0 Å². The summed E-state index contributed by atoms with van der Waals surface area (Å²) in [4.78, 5) is 28.7. The predicted octanol–water partition coefficient (Wildman–Crippen LogP) is 1.23. The van der Waals surface area contributed by atoms with E-state index in [9.17, 15) is 9.59 Å². The van der Waals surface area contributed by atoms with E-state index in [0.717, 1.165) is 19.3 Å². The number of aryl methyl sites for hydroxylation is 2. The number of imidazole rings is 1. The summed E-state index contributed by atoms with van der Waals surface area (Å²) < 4.78 is 4.35. The minimum atomic E-state index is -0.319. The first-order valence-electron chi connectivity index (χ1n) is 6.68. The van der Waals surface area contributed by atoms with Crippen LogP contribution in [0.25, 0.3) is 11.2 Å². The highest BCUT2D eigenvalue weighted by Crippen LogP contribution is 2.07. The third-order valence-electron chi connectivity index (χ3n) is 3.43. The topological polar surface area (TPSA) is 61.8 Å². The second kappa shape index (κ2) is 5.83. The van der Waals surface area contributed by atoms with Crippen LogP contribution in [0.15, 0.2) is 15.9 Å². The average Bonchev–Trinajstić information content (AvgIpc) is 2.77. The molecule has 0 fully saturated rings. The summed E-state index contributed by atoms with van der Waals surface area (Å²) in [5, 5.41) is 0.120. The molecule has 0 aliphatic carbocycles. The fraction of sp³-hybridized carbons (Fsp3) is 0.615. The highest BCUT2D eigenvalue weighted by molar-refractivity contribution is 6.20.